The van der Waals surface area contributed by atoms with Crippen LogP contribution in [0.25, 0.3) is 5.65 Å². The predicted molar refractivity (Wildman–Crippen MR) is 64.1 cm³/mol. The van der Waals surface area contributed by atoms with Crippen molar-refractivity contribution in [2.24, 2.45) is 0 Å². The number of fused-ring (bicyclic) bond motifs is 1. The summed E-state index contributed by atoms with van der Waals surface area (Å²) in [6, 6.07) is 5.17. The summed E-state index contributed by atoms with van der Waals surface area (Å²) in [6.07, 6.45) is 0.973. The molecule has 0 bridgehead atoms. The average Bonchev–Trinajstić information content (AvgIpc) is 2.65. The van der Waals surface area contributed by atoms with Gasteiger partial charge in [0.2, 0.25) is 5.91 Å². The Morgan fingerprint density at radius 3 is 3.00 bits per heavy atom. The Kier molecular flexibility index (Phi) is 3.42. The van der Waals surface area contributed by atoms with E-state index >= 15 is 0 Å². The molecule has 2 aromatic heterocycles. The van der Waals surface area contributed by atoms with Crippen LogP contribution in [0.2, 0.25) is 0 Å². The van der Waals surface area contributed by atoms with Crippen LogP contribution in [0.5, 0.6) is 0 Å². The molecular formula is C11H14N4O3. The number of rotatable bonds is 4. The van der Waals surface area contributed by atoms with E-state index < -0.39 is 6.10 Å². The normalized spacial score (nSPS) is 12.6. The van der Waals surface area contributed by atoms with Gasteiger partial charge in [0.05, 0.1) is 6.10 Å². The Hall–Kier alpha value is -2.15. The first-order valence-electron chi connectivity index (χ1n) is 5.57. The van der Waals surface area contributed by atoms with Crippen LogP contribution in [-0.2, 0) is 11.3 Å². The van der Waals surface area contributed by atoms with Crippen LogP contribution >= 0.6 is 0 Å². The van der Waals surface area contributed by atoms with Gasteiger partial charge >= 0.3 is 5.69 Å². The molecule has 2 N–H and O–H groups in total. The van der Waals surface area contributed by atoms with Gasteiger partial charge in [-0.3, -0.25) is 9.20 Å². The quantitative estimate of drug-likeness (QED) is 0.728. The number of nitrogens with zero attached hydrogens (tertiary/aromatic N) is 3. The molecule has 0 saturated carbocycles. The summed E-state index contributed by atoms with van der Waals surface area (Å²) in [5.41, 5.74) is 0.128. The van der Waals surface area contributed by atoms with Gasteiger partial charge < -0.3 is 10.4 Å². The molecule has 0 radical (unpaired) electrons. The number of aromatic nitrogens is 3. The Morgan fingerprint density at radius 1 is 1.56 bits per heavy atom. The molecule has 2 heterocycles. The Morgan fingerprint density at radius 2 is 2.33 bits per heavy atom. The molecule has 18 heavy (non-hydrogen) atoms. The standard InChI is InChI=1S/C11H14N4O3/c1-8(16)6-12-10(17)7-15-11(18)14-5-3-2-4-9(14)13-15/h2-5,8,16H,6-7H2,1H3,(H,12,17)/t8-/m1/s1. The first kappa shape index (κ1) is 12.3. The summed E-state index contributed by atoms with van der Waals surface area (Å²) in [7, 11) is 0. The van der Waals surface area contributed by atoms with Gasteiger partial charge in [0.1, 0.15) is 6.54 Å². The number of hydrogen-bond acceptors (Lipinski definition) is 4. The van der Waals surface area contributed by atoms with Crippen molar-refractivity contribution in [3.63, 3.8) is 0 Å². The molecule has 0 aromatic carbocycles. The fourth-order valence-corrected chi connectivity index (χ4v) is 1.52. The molecule has 0 aliphatic rings. The van der Waals surface area contributed by atoms with Crippen molar-refractivity contribution in [2.45, 2.75) is 19.6 Å². The van der Waals surface area contributed by atoms with E-state index in [-0.39, 0.29) is 24.7 Å². The number of pyridine rings is 1. The van der Waals surface area contributed by atoms with Gasteiger partial charge in [0, 0.05) is 12.7 Å². The third-order valence-corrected chi connectivity index (χ3v) is 2.38. The van der Waals surface area contributed by atoms with Crippen molar-refractivity contribution in [2.75, 3.05) is 6.54 Å². The highest BCUT2D eigenvalue weighted by Crippen LogP contribution is 1.94. The summed E-state index contributed by atoms with van der Waals surface area (Å²) >= 11 is 0. The molecule has 1 amide bonds. The fraction of sp³-hybridized carbons (Fsp3) is 0.364. The number of carbonyl (C=O) groups is 1. The zero-order chi connectivity index (χ0) is 13.1. The summed E-state index contributed by atoms with van der Waals surface area (Å²) in [4.78, 5) is 23.4. The minimum atomic E-state index is -0.619. The Labute approximate surface area is 103 Å². The van der Waals surface area contributed by atoms with Gasteiger partial charge in [-0.2, -0.15) is 0 Å². The number of amides is 1. The van der Waals surface area contributed by atoms with Gasteiger partial charge in [0.25, 0.3) is 0 Å². The second kappa shape index (κ2) is 5.01. The van der Waals surface area contributed by atoms with Crippen LogP contribution in [0.4, 0.5) is 0 Å². The third-order valence-electron chi connectivity index (χ3n) is 2.38. The van der Waals surface area contributed by atoms with E-state index in [1.807, 2.05) is 0 Å². The molecule has 0 spiro atoms. The van der Waals surface area contributed by atoms with Gasteiger partial charge in [-0.15, -0.1) is 5.10 Å². The predicted octanol–water partition coefficient (Wildman–Crippen LogP) is -1.01. The minimum Gasteiger partial charge on any atom is -0.392 e. The highest BCUT2D eigenvalue weighted by atomic mass is 16.3. The number of aliphatic hydroxyl groups is 1. The number of carbonyl (C=O) groups excluding carboxylic acids is 1. The topological polar surface area (TPSA) is 88.6 Å². The van der Waals surface area contributed by atoms with E-state index in [0.717, 1.165) is 4.68 Å². The van der Waals surface area contributed by atoms with Gasteiger partial charge in [0.15, 0.2) is 5.65 Å². The summed E-state index contributed by atoms with van der Waals surface area (Å²) < 4.78 is 2.45. The van der Waals surface area contributed by atoms with E-state index in [1.54, 1.807) is 31.3 Å². The lowest BCUT2D eigenvalue weighted by molar-refractivity contribution is -0.122. The summed E-state index contributed by atoms with van der Waals surface area (Å²) in [5.74, 6) is -0.360. The molecule has 96 valence electrons. The lowest BCUT2D eigenvalue weighted by Gasteiger charge is -2.05. The maximum atomic E-state index is 11.8. The molecule has 7 heteroatoms. The van der Waals surface area contributed by atoms with Crippen molar-refractivity contribution >= 4 is 11.6 Å². The molecule has 0 aliphatic carbocycles. The molecule has 0 fully saturated rings. The minimum absolute atomic E-state index is 0.154. The number of aliphatic hydroxyl groups excluding tert-OH is 1. The largest absolute Gasteiger partial charge is 0.392 e. The van der Waals surface area contributed by atoms with Crippen molar-refractivity contribution in [3.05, 3.63) is 34.9 Å². The zero-order valence-electron chi connectivity index (χ0n) is 9.91. The maximum absolute atomic E-state index is 11.8. The van der Waals surface area contributed by atoms with Crippen molar-refractivity contribution in [3.8, 4) is 0 Å². The van der Waals surface area contributed by atoms with Crippen LogP contribution in [0.1, 0.15) is 6.92 Å². The van der Waals surface area contributed by atoms with E-state index in [4.69, 9.17) is 5.11 Å². The third kappa shape index (κ3) is 2.57. The molecule has 2 aromatic rings. The zero-order valence-corrected chi connectivity index (χ0v) is 9.91. The monoisotopic (exact) mass is 250 g/mol. The van der Waals surface area contributed by atoms with Crippen molar-refractivity contribution in [1.82, 2.24) is 19.5 Å². The van der Waals surface area contributed by atoms with Crippen LogP contribution in [0.3, 0.4) is 0 Å². The van der Waals surface area contributed by atoms with Crippen LogP contribution < -0.4 is 11.0 Å². The van der Waals surface area contributed by atoms with Gasteiger partial charge in [-0.05, 0) is 19.1 Å². The fourth-order valence-electron chi connectivity index (χ4n) is 1.52. The molecule has 0 saturated heterocycles. The SMILES string of the molecule is C[C@@H](O)CNC(=O)Cn1nc2ccccn2c1=O. The Balaban J connectivity index is 2.15. The smallest absolute Gasteiger partial charge is 0.350 e. The second-order valence-corrected chi connectivity index (χ2v) is 4.02. The lowest BCUT2D eigenvalue weighted by atomic mass is 10.4. The van der Waals surface area contributed by atoms with E-state index in [2.05, 4.69) is 10.4 Å². The number of nitrogens with one attached hydrogen (secondary N) is 1. The van der Waals surface area contributed by atoms with Crippen LogP contribution in [0, 0.1) is 0 Å². The first-order valence-corrected chi connectivity index (χ1v) is 5.57. The molecule has 1 atom stereocenters. The molecule has 2 rings (SSSR count). The molecule has 7 nitrogen and oxygen atoms in total. The highest BCUT2D eigenvalue weighted by molar-refractivity contribution is 5.75. The van der Waals surface area contributed by atoms with E-state index in [1.165, 1.54) is 4.40 Å². The van der Waals surface area contributed by atoms with Crippen LogP contribution in [0.15, 0.2) is 29.2 Å². The Bertz CT molecular complexity index is 614. The maximum Gasteiger partial charge on any atom is 0.350 e. The van der Waals surface area contributed by atoms with E-state index in [9.17, 15) is 9.59 Å². The van der Waals surface area contributed by atoms with Gasteiger partial charge in [-0.1, -0.05) is 6.07 Å². The molecule has 0 unspecified atom stereocenters. The average molecular weight is 250 g/mol. The first-order chi connectivity index (χ1) is 8.58. The van der Waals surface area contributed by atoms with Gasteiger partial charge in [-0.25, -0.2) is 9.48 Å². The molecule has 0 aliphatic heterocycles. The molecular weight excluding hydrogens is 236 g/mol. The highest BCUT2D eigenvalue weighted by Gasteiger charge is 2.10. The summed E-state index contributed by atoms with van der Waals surface area (Å²) in [5, 5.41) is 15.6. The van der Waals surface area contributed by atoms with Crippen molar-refractivity contribution < 1.29 is 9.90 Å². The van der Waals surface area contributed by atoms with E-state index in [0.29, 0.717) is 5.65 Å². The van der Waals surface area contributed by atoms with Crippen LogP contribution in [-0.4, -0.2) is 37.8 Å². The number of hydrogen-bond donors (Lipinski definition) is 2. The second-order valence-electron chi connectivity index (χ2n) is 4.02. The van der Waals surface area contributed by atoms with Crippen molar-refractivity contribution in [1.29, 1.82) is 0 Å². The lowest BCUT2D eigenvalue weighted by Crippen LogP contribution is -2.36. The summed E-state index contributed by atoms with van der Waals surface area (Å²) in [6.45, 7) is 1.56.